The summed E-state index contributed by atoms with van der Waals surface area (Å²) in [6.45, 7) is 7.78. The quantitative estimate of drug-likeness (QED) is 0.847. The smallest absolute Gasteiger partial charge is 0.256 e. The Morgan fingerprint density at radius 1 is 1.40 bits per heavy atom. The molecule has 1 amide bonds. The Morgan fingerprint density at radius 3 is 2.60 bits per heavy atom. The summed E-state index contributed by atoms with van der Waals surface area (Å²) in [4.78, 5) is 20.1. The Labute approximate surface area is 119 Å². The minimum absolute atomic E-state index is 0.126. The molecule has 110 valence electrons. The Morgan fingerprint density at radius 2 is 2.05 bits per heavy atom. The number of likely N-dealkylation sites (tertiary alicyclic amines) is 1. The summed E-state index contributed by atoms with van der Waals surface area (Å²) in [6, 6.07) is 1.99. The van der Waals surface area contributed by atoms with E-state index in [4.69, 9.17) is 0 Å². The normalized spacial score (nSPS) is 16.7. The van der Waals surface area contributed by atoms with Crippen molar-refractivity contribution in [2.45, 2.75) is 32.7 Å². The van der Waals surface area contributed by atoms with Gasteiger partial charge in [0, 0.05) is 25.3 Å². The first-order valence-corrected chi connectivity index (χ1v) is 7.30. The van der Waals surface area contributed by atoms with Crippen molar-refractivity contribution in [1.82, 2.24) is 14.8 Å². The van der Waals surface area contributed by atoms with Crippen LogP contribution in [0.3, 0.4) is 0 Å². The maximum Gasteiger partial charge on any atom is 0.256 e. The molecule has 1 aliphatic rings. The molecule has 1 aromatic rings. The van der Waals surface area contributed by atoms with Crippen LogP contribution < -0.4 is 0 Å². The summed E-state index contributed by atoms with van der Waals surface area (Å²) in [5.41, 5.74) is 0.126. The van der Waals surface area contributed by atoms with E-state index in [1.54, 1.807) is 4.90 Å². The minimum atomic E-state index is -0.539. The minimum Gasteiger partial charge on any atom is -0.338 e. The summed E-state index contributed by atoms with van der Waals surface area (Å²) in [6.07, 6.45) is 4.47. The summed E-state index contributed by atoms with van der Waals surface area (Å²) >= 11 is 0. The Balaban J connectivity index is 1.97. The molecule has 0 atom stereocenters. The van der Waals surface area contributed by atoms with E-state index in [1.807, 2.05) is 0 Å². The molecule has 2 heterocycles. The maximum atomic E-state index is 13.6. The number of hydrogen-bond donors (Lipinski definition) is 0. The lowest BCUT2D eigenvalue weighted by Gasteiger charge is -2.37. The van der Waals surface area contributed by atoms with Gasteiger partial charge < -0.3 is 9.80 Å². The van der Waals surface area contributed by atoms with Gasteiger partial charge in [-0.3, -0.25) is 9.78 Å². The molecular formula is C15H22FN3O. The zero-order valence-electron chi connectivity index (χ0n) is 12.2. The van der Waals surface area contributed by atoms with Crippen molar-refractivity contribution in [3.8, 4) is 0 Å². The van der Waals surface area contributed by atoms with E-state index < -0.39 is 5.82 Å². The van der Waals surface area contributed by atoms with Crippen molar-refractivity contribution in [2.24, 2.45) is 0 Å². The van der Waals surface area contributed by atoms with Crippen molar-refractivity contribution in [2.75, 3.05) is 26.2 Å². The monoisotopic (exact) mass is 279 g/mol. The van der Waals surface area contributed by atoms with Crippen molar-refractivity contribution in [3.05, 3.63) is 29.8 Å². The molecule has 20 heavy (non-hydrogen) atoms. The number of nitrogens with zero attached hydrogens (tertiary/aromatic N) is 3. The summed E-state index contributed by atoms with van der Waals surface area (Å²) in [7, 11) is 0. The highest BCUT2D eigenvalue weighted by Crippen LogP contribution is 2.19. The van der Waals surface area contributed by atoms with Crippen LogP contribution in [0.25, 0.3) is 0 Å². The van der Waals surface area contributed by atoms with E-state index in [2.05, 4.69) is 23.7 Å². The Hall–Kier alpha value is -1.49. The Bertz CT molecular complexity index is 454. The number of pyridine rings is 1. The molecule has 4 nitrogen and oxygen atoms in total. The van der Waals surface area contributed by atoms with Crippen LogP contribution in [0, 0.1) is 5.82 Å². The molecule has 0 radical (unpaired) electrons. The van der Waals surface area contributed by atoms with Gasteiger partial charge in [0.05, 0.1) is 11.8 Å². The van der Waals surface area contributed by atoms with E-state index in [9.17, 15) is 9.18 Å². The van der Waals surface area contributed by atoms with Gasteiger partial charge in [-0.25, -0.2) is 4.39 Å². The van der Waals surface area contributed by atoms with Gasteiger partial charge in [-0.2, -0.15) is 0 Å². The molecular weight excluding hydrogens is 257 g/mol. The Kier molecular flexibility index (Phi) is 5.06. The first-order chi connectivity index (χ1) is 9.67. The topological polar surface area (TPSA) is 36.4 Å². The van der Waals surface area contributed by atoms with Crippen molar-refractivity contribution in [3.63, 3.8) is 0 Å². The molecule has 1 fully saturated rings. The van der Waals surface area contributed by atoms with Crippen LogP contribution in [-0.4, -0.2) is 52.9 Å². The molecule has 0 saturated carbocycles. The fourth-order valence-corrected chi connectivity index (χ4v) is 2.89. The second-order valence-electron chi connectivity index (χ2n) is 5.10. The second-order valence-corrected chi connectivity index (χ2v) is 5.10. The summed E-state index contributed by atoms with van der Waals surface area (Å²) in [5, 5.41) is 0. The van der Waals surface area contributed by atoms with Gasteiger partial charge in [0.1, 0.15) is 0 Å². The zero-order valence-corrected chi connectivity index (χ0v) is 12.2. The van der Waals surface area contributed by atoms with E-state index in [1.165, 1.54) is 12.3 Å². The third kappa shape index (κ3) is 3.15. The standard InChI is InChI=1S/C15H22FN3O/c1-3-18(4-2)12-6-9-19(10-7-12)15(20)13-5-8-17-11-14(13)16/h5,8,11-12H,3-4,6-7,9-10H2,1-2H3. The molecule has 1 aromatic heterocycles. The van der Waals surface area contributed by atoms with Gasteiger partial charge in [0.15, 0.2) is 5.82 Å². The van der Waals surface area contributed by atoms with Crippen molar-refractivity contribution < 1.29 is 9.18 Å². The predicted octanol–water partition coefficient (Wildman–Crippen LogP) is 2.17. The van der Waals surface area contributed by atoms with E-state index in [0.717, 1.165) is 32.1 Å². The molecule has 0 bridgehead atoms. The number of carbonyl (C=O) groups excluding carboxylic acids is 1. The van der Waals surface area contributed by atoms with E-state index >= 15 is 0 Å². The lowest BCUT2D eigenvalue weighted by molar-refractivity contribution is 0.0627. The van der Waals surface area contributed by atoms with Crippen LogP contribution in [0.4, 0.5) is 4.39 Å². The predicted molar refractivity (Wildman–Crippen MR) is 76.0 cm³/mol. The number of aromatic nitrogens is 1. The van der Waals surface area contributed by atoms with Crippen LogP contribution in [0.15, 0.2) is 18.5 Å². The van der Waals surface area contributed by atoms with Gasteiger partial charge in [0.2, 0.25) is 0 Å². The van der Waals surface area contributed by atoms with Crippen LogP contribution in [0.5, 0.6) is 0 Å². The number of amides is 1. The number of halogens is 1. The first-order valence-electron chi connectivity index (χ1n) is 7.30. The molecule has 0 unspecified atom stereocenters. The van der Waals surface area contributed by atoms with Gasteiger partial charge >= 0.3 is 0 Å². The van der Waals surface area contributed by atoms with E-state index in [-0.39, 0.29) is 11.5 Å². The highest BCUT2D eigenvalue weighted by Gasteiger charge is 2.27. The average molecular weight is 279 g/mol. The second kappa shape index (κ2) is 6.79. The highest BCUT2D eigenvalue weighted by molar-refractivity contribution is 5.94. The van der Waals surface area contributed by atoms with Crippen LogP contribution in [-0.2, 0) is 0 Å². The summed E-state index contributed by atoms with van der Waals surface area (Å²) in [5.74, 6) is -0.758. The lowest BCUT2D eigenvalue weighted by Crippen LogP contribution is -2.46. The van der Waals surface area contributed by atoms with Gasteiger partial charge in [-0.05, 0) is 32.0 Å². The lowest BCUT2D eigenvalue weighted by atomic mass is 10.0. The molecule has 0 N–H and O–H groups in total. The third-order valence-corrected chi connectivity index (χ3v) is 4.08. The van der Waals surface area contributed by atoms with E-state index in [0.29, 0.717) is 19.1 Å². The number of hydrogen-bond acceptors (Lipinski definition) is 3. The fraction of sp³-hybridized carbons (Fsp3) is 0.600. The largest absolute Gasteiger partial charge is 0.338 e. The average Bonchev–Trinajstić information content (AvgIpc) is 2.49. The first kappa shape index (κ1) is 14.9. The SMILES string of the molecule is CCN(CC)C1CCN(C(=O)c2ccncc2F)CC1. The number of carbonyl (C=O) groups is 1. The van der Waals surface area contributed by atoms with Crippen LogP contribution >= 0.6 is 0 Å². The van der Waals surface area contributed by atoms with Gasteiger partial charge in [-0.1, -0.05) is 13.8 Å². The third-order valence-electron chi connectivity index (χ3n) is 4.08. The molecule has 0 aliphatic carbocycles. The molecule has 1 saturated heterocycles. The zero-order chi connectivity index (χ0) is 14.5. The van der Waals surface area contributed by atoms with Crippen LogP contribution in [0.2, 0.25) is 0 Å². The van der Waals surface area contributed by atoms with Gasteiger partial charge in [-0.15, -0.1) is 0 Å². The van der Waals surface area contributed by atoms with Crippen molar-refractivity contribution in [1.29, 1.82) is 0 Å². The number of rotatable bonds is 4. The molecule has 0 spiro atoms. The summed E-state index contributed by atoms with van der Waals surface area (Å²) < 4.78 is 13.6. The molecule has 2 rings (SSSR count). The highest BCUT2D eigenvalue weighted by atomic mass is 19.1. The molecule has 0 aromatic carbocycles. The maximum absolute atomic E-state index is 13.6. The molecule has 1 aliphatic heterocycles. The fourth-order valence-electron chi connectivity index (χ4n) is 2.89. The number of piperidine rings is 1. The van der Waals surface area contributed by atoms with Crippen LogP contribution in [0.1, 0.15) is 37.0 Å². The van der Waals surface area contributed by atoms with Gasteiger partial charge in [0.25, 0.3) is 5.91 Å². The molecule has 5 heteroatoms. The van der Waals surface area contributed by atoms with Crippen molar-refractivity contribution >= 4 is 5.91 Å².